The summed E-state index contributed by atoms with van der Waals surface area (Å²) in [6.07, 6.45) is 3.21. The van der Waals surface area contributed by atoms with Crippen molar-refractivity contribution >= 4 is 10.0 Å². The first-order valence-electron chi connectivity index (χ1n) is 6.40. The lowest BCUT2D eigenvalue weighted by atomic mass is 9.83. The van der Waals surface area contributed by atoms with E-state index in [9.17, 15) is 8.42 Å². The summed E-state index contributed by atoms with van der Waals surface area (Å²) in [7, 11) is -3.46. The molecule has 0 saturated carbocycles. The van der Waals surface area contributed by atoms with Crippen LogP contribution in [-0.2, 0) is 21.3 Å². The zero-order chi connectivity index (χ0) is 13.9. The normalized spacial score (nSPS) is 19.5. The Morgan fingerprint density at radius 2 is 2.16 bits per heavy atom. The van der Waals surface area contributed by atoms with Gasteiger partial charge in [-0.2, -0.15) is 0 Å². The molecule has 0 radical (unpaired) electrons. The molecule has 2 rings (SSSR count). The summed E-state index contributed by atoms with van der Waals surface area (Å²) < 4.78 is 32.3. The van der Waals surface area contributed by atoms with Crippen molar-refractivity contribution in [3.8, 4) is 0 Å². The number of H-pyrrole nitrogens is 1. The van der Waals surface area contributed by atoms with Crippen molar-refractivity contribution in [2.24, 2.45) is 11.1 Å². The molecule has 0 aliphatic carbocycles. The van der Waals surface area contributed by atoms with Crippen molar-refractivity contribution in [1.82, 2.24) is 9.71 Å². The van der Waals surface area contributed by atoms with Gasteiger partial charge in [0.05, 0.1) is 4.90 Å². The molecule has 0 atom stereocenters. The molecule has 1 aliphatic heterocycles. The van der Waals surface area contributed by atoms with Crippen LogP contribution in [0.15, 0.2) is 17.2 Å². The van der Waals surface area contributed by atoms with Crippen molar-refractivity contribution < 1.29 is 13.2 Å². The summed E-state index contributed by atoms with van der Waals surface area (Å²) in [5, 5.41) is 0. The molecule has 1 saturated heterocycles. The molecular formula is C12H21N3O3S. The van der Waals surface area contributed by atoms with E-state index in [1.54, 1.807) is 6.07 Å². The lowest BCUT2D eigenvalue weighted by molar-refractivity contribution is 0.0265. The first-order valence-corrected chi connectivity index (χ1v) is 7.88. The highest BCUT2D eigenvalue weighted by Gasteiger charge is 2.29. The number of nitrogens with two attached hydrogens (primary N) is 1. The minimum atomic E-state index is -3.46. The second-order valence-electron chi connectivity index (χ2n) is 5.31. The summed E-state index contributed by atoms with van der Waals surface area (Å²) in [4.78, 5) is 3.08. The van der Waals surface area contributed by atoms with E-state index in [2.05, 4.69) is 16.6 Å². The van der Waals surface area contributed by atoms with Gasteiger partial charge in [0.15, 0.2) is 0 Å². The number of nitrogens with one attached hydrogen (secondary N) is 2. The summed E-state index contributed by atoms with van der Waals surface area (Å²) >= 11 is 0. The maximum atomic E-state index is 12.1. The second-order valence-corrected chi connectivity index (χ2v) is 7.08. The molecule has 1 fully saturated rings. The maximum Gasteiger partial charge on any atom is 0.242 e. The highest BCUT2D eigenvalue weighted by atomic mass is 32.2. The fourth-order valence-electron chi connectivity index (χ4n) is 2.09. The zero-order valence-electron chi connectivity index (χ0n) is 11.1. The van der Waals surface area contributed by atoms with Gasteiger partial charge in [0.25, 0.3) is 0 Å². The van der Waals surface area contributed by atoms with Crippen LogP contribution < -0.4 is 10.5 Å². The van der Waals surface area contributed by atoms with Gasteiger partial charge in [-0.25, -0.2) is 13.1 Å². The highest BCUT2D eigenvalue weighted by molar-refractivity contribution is 7.89. The summed E-state index contributed by atoms with van der Waals surface area (Å²) in [5.41, 5.74) is 6.13. The Morgan fingerprint density at radius 1 is 1.47 bits per heavy atom. The van der Waals surface area contributed by atoms with Crippen LogP contribution in [0.4, 0.5) is 0 Å². The molecule has 0 amide bonds. The third-order valence-electron chi connectivity index (χ3n) is 3.64. The predicted octanol–water partition coefficient (Wildman–Crippen LogP) is 0.568. The van der Waals surface area contributed by atoms with E-state index >= 15 is 0 Å². The molecule has 0 unspecified atom stereocenters. The number of hydrogen-bond donors (Lipinski definition) is 3. The highest BCUT2D eigenvalue weighted by Crippen LogP contribution is 2.29. The van der Waals surface area contributed by atoms with E-state index in [4.69, 9.17) is 10.5 Å². The van der Waals surface area contributed by atoms with Gasteiger partial charge in [-0.05, 0) is 24.3 Å². The van der Waals surface area contributed by atoms with Gasteiger partial charge in [-0.15, -0.1) is 0 Å². The average molecular weight is 287 g/mol. The third kappa shape index (κ3) is 3.56. The van der Waals surface area contributed by atoms with Gasteiger partial charge in [0.2, 0.25) is 10.0 Å². The lowest BCUT2D eigenvalue weighted by Crippen LogP contribution is -2.39. The van der Waals surface area contributed by atoms with E-state index < -0.39 is 10.0 Å². The van der Waals surface area contributed by atoms with E-state index in [0.717, 1.165) is 12.8 Å². The number of aromatic nitrogens is 1. The topological polar surface area (TPSA) is 97.2 Å². The largest absolute Gasteiger partial charge is 0.381 e. The fourth-order valence-corrected chi connectivity index (χ4v) is 3.30. The standard InChI is InChI=1S/C12H21N3O3S/c1-12(2-4-18-5-3-12)9-15-19(16,17)11-6-10(7-13)14-8-11/h6,8,14-15H,2-5,7,9,13H2,1H3. The Morgan fingerprint density at radius 3 is 2.74 bits per heavy atom. The van der Waals surface area contributed by atoms with Crippen LogP contribution in [-0.4, -0.2) is 33.2 Å². The molecule has 1 aliphatic rings. The Balaban J connectivity index is 2.01. The smallest absolute Gasteiger partial charge is 0.242 e. The Hall–Kier alpha value is -0.890. The molecule has 19 heavy (non-hydrogen) atoms. The molecule has 4 N–H and O–H groups in total. The van der Waals surface area contributed by atoms with E-state index in [0.29, 0.717) is 32.0 Å². The summed E-state index contributed by atoms with van der Waals surface area (Å²) in [6.45, 7) is 4.20. The average Bonchev–Trinajstić information content (AvgIpc) is 2.87. The van der Waals surface area contributed by atoms with Crippen molar-refractivity contribution in [3.05, 3.63) is 18.0 Å². The molecule has 6 nitrogen and oxygen atoms in total. The molecule has 108 valence electrons. The van der Waals surface area contributed by atoms with Crippen molar-refractivity contribution in [1.29, 1.82) is 0 Å². The quantitative estimate of drug-likeness (QED) is 0.737. The Kier molecular flexibility index (Phi) is 4.29. The van der Waals surface area contributed by atoms with Crippen LogP contribution in [0.2, 0.25) is 0 Å². The molecule has 0 bridgehead atoms. The van der Waals surface area contributed by atoms with Crippen molar-refractivity contribution in [3.63, 3.8) is 0 Å². The molecular weight excluding hydrogens is 266 g/mol. The SMILES string of the molecule is CC1(CNS(=O)(=O)c2c[nH]c(CN)c2)CCOCC1. The first kappa shape index (κ1) is 14.5. The van der Waals surface area contributed by atoms with Gasteiger partial charge in [-0.1, -0.05) is 6.92 Å². The fraction of sp³-hybridized carbons (Fsp3) is 0.667. The molecule has 0 spiro atoms. The van der Waals surface area contributed by atoms with Crippen molar-refractivity contribution in [2.45, 2.75) is 31.2 Å². The number of sulfonamides is 1. The number of aromatic amines is 1. The predicted molar refractivity (Wildman–Crippen MR) is 72.0 cm³/mol. The maximum absolute atomic E-state index is 12.1. The first-order chi connectivity index (χ1) is 8.95. The number of rotatable bonds is 5. The van der Waals surface area contributed by atoms with Crippen LogP contribution in [0.25, 0.3) is 0 Å². The minimum absolute atomic E-state index is 0.0294. The summed E-state index contributed by atoms with van der Waals surface area (Å²) in [5.74, 6) is 0. The number of hydrogen-bond acceptors (Lipinski definition) is 4. The van der Waals surface area contributed by atoms with Crippen LogP contribution in [0.1, 0.15) is 25.5 Å². The third-order valence-corrected chi connectivity index (χ3v) is 5.02. The van der Waals surface area contributed by atoms with Gasteiger partial charge in [0, 0.05) is 38.2 Å². The second kappa shape index (κ2) is 5.62. The van der Waals surface area contributed by atoms with Crippen molar-refractivity contribution in [2.75, 3.05) is 19.8 Å². The molecule has 1 aromatic heterocycles. The minimum Gasteiger partial charge on any atom is -0.381 e. The van der Waals surface area contributed by atoms with Gasteiger partial charge in [-0.3, -0.25) is 0 Å². The molecule has 2 heterocycles. The van der Waals surface area contributed by atoms with E-state index in [1.165, 1.54) is 6.20 Å². The van der Waals surface area contributed by atoms with E-state index in [1.807, 2.05) is 0 Å². The number of ether oxygens (including phenoxy) is 1. The van der Waals surface area contributed by atoms with Crippen LogP contribution in [0.3, 0.4) is 0 Å². The summed E-state index contributed by atoms with van der Waals surface area (Å²) in [6, 6.07) is 1.56. The van der Waals surface area contributed by atoms with Crippen LogP contribution in [0.5, 0.6) is 0 Å². The Bertz CT molecular complexity index is 518. The van der Waals surface area contributed by atoms with Gasteiger partial charge in [0.1, 0.15) is 0 Å². The molecule has 0 aromatic carbocycles. The Labute approximate surface area is 113 Å². The monoisotopic (exact) mass is 287 g/mol. The zero-order valence-corrected chi connectivity index (χ0v) is 11.9. The van der Waals surface area contributed by atoms with Crippen LogP contribution in [0, 0.1) is 5.41 Å². The van der Waals surface area contributed by atoms with Gasteiger partial charge < -0.3 is 15.5 Å². The molecule has 1 aromatic rings. The van der Waals surface area contributed by atoms with E-state index in [-0.39, 0.29) is 10.3 Å². The van der Waals surface area contributed by atoms with Gasteiger partial charge >= 0.3 is 0 Å². The lowest BCUT2D eigenvalue weighted by Gasteiger charge is -2.33. The molecule has 7 heteroatoms. The van der Waals surface area contributed by atoms with Crippen LogP contribution >= 0.6 is 0 Å².